The van der Waals surface area contributed by atoms with E-state index >= 15 is 0 Å². The van der Waals surface area contributed by atoms with Gasteiger partial charge in [0.05, 0.1) is 6.20 Å². The number of hydrogen-bond donors (Lipinski definition) is 1. The Morgan fingerprint density at radius 1 is 1.35 bits per heavy atom. The van der Waals surface area contributed by atoms with Crippen molar-refractivity contribution in [3.05, 3.63) is 48.0 Å². The molecule has 0 spiro atoms. The van der Waals surface area contributed by atoms with Crippen LogP contribution in [0.3, 0.4) is 0 Å². The van der Waals surface area contributed by atoms with E-state index in [1.165, 1.54) is 0 Å². The smallest absolute Gasteiger partial charge is 0.224 e. The number of nitrogens with zero attached hydrogens (tertiary/aromatic N) is 4. The molecule has 0 unspecified atom stereocenters. The van der Waals surface area contributed by atoms with Crippen LogP contribution in [0.25, 0.3) is 0 Å². The Kier molecular flexibility index (Phi) is 4.71. The predicted molar refractivity (Wildman–Crippen MR) is 85.7 cm³/mol. The first-order valence-electron chi connectivity index (χ1n) is 7.95. The fraction of sp³-hybridized carbons (Fsp3) is 0.471. The van der Waals surface area contributed by atoms with Gasteiger partial charge in [-0.25, -0.2) is 0 Å². The first-order valence-corrected chi connectivity index (χ1v) is 7.95. The quantitative estimate of drug-likeness (QED) is 0.900. The number of aliphatic hydroxyl groups excluding tert-OH is 1. The minimum Gasteiger partial charge on any atom is -0.396 e. The Bertz CT molecular complexity index is 656. The van der Waals surface area contributed by atoms with Crippen molar-refractivity contribution in [2.45, 2.75) is 25.8 Å². The number of aromatic nitrogens is 3. The number of rotatable bonds is 5. The van der Waals surface area contributed by atoms with Crippen molar-refractivity contribution >= 4 is 5.91 Å². The minimum atomic E-state index is 0.0910. The summed E-state index contributed by atoms with van der Waals surface area (Å²) in [4.78, 5) is 18.4. The molecule has 23 heavy (non-hydrogen) atoms. The van der Waals surface area contributed by atoms with Crippen LogP contribution in [-0.4, -0.2) is 50.4 Å². The summed E-state index contributed by atoms with van der Waals surface area (Å²) in [7, 11) is 0. The zero-order valence-corrected chi connectivity index (χ0v) is 13.3. The Morgan fingerprint density at radius 3 is 2.78 bits per heavy atom. The molecule has 1 aliphatic rings. The van der Waals surface area contributed by atoms with Crippen LogP contribution in [0.4, 0.5) is 0 Å². The van der Waals surface area contributed by atoms with E-state index in [0.717, 1.165) is 11.1 Å². The van der Waals surface area contributed by atoms with Gasteiger partial charge >= 0.3 is 0 Å². The van der Waals surface area contributed by atoms with Crippen LogP contribution >= 0.6 is 0 Å². The second-order valence-electron chi connectivity index (χ2n) is 6.16. The molecule has 3 heterocycles. The van der Waals surface area contributed by atoms with Crippen LogP contribution < -0.4 is 0 Å². The molecule has 0 saturated carbocycles. The third kappa shape index (κ3) is 3.59. The fourth-order valence-corrected chi connectivity index (χ4v) is 3.21. The summed E-state index contributed by atoms with van der Waals surface area (Å²) in [6, 6.07) is 3.93. The molecular weight excluding hydrogens is 292 g/mol. The summed E-state index contributed by atoms with van der Waals surface area (Å²) in [5, 5.41) is 13.8. The Labute approximate surface area is 135 Å². The van der Waals surface area contributed by atoms with E-state index in [2.05, 4.69) is 10.1 Å². The number of aliphatic hydroxyl groups is 1. The standard InChI is InChI=1S/C17H22N4O2/c1-13-8-19-21(9-13)7-4-17(23)20-10-15(12-22)16(11-20)14-2-5-18-6-3-14/h2-3,5-6,8-9,15-16,22H,4,7,10-12H2,1H3/t15-,16-/m0/s1. The molecule has 2 aromatic heterocycles. The predicted octanol–water partition coefficient (Wildman–Crippen LogP) is 1.21. The first-order chi connectivity index (χ1) is 11.2. The summed E-state index contributed by atoms with van der Waals surface area (Å²) in [6.45, 7) is 3.94. The van der Waals surface area contributed by atoms with Gasteiger partial charge in [-0.2, -0.15) is 5.10 Å². The van der Waals surface area contributed by atoms with Gasteiger partial charge in [-0.1, -0.05) is 0 Å². The molecule has 0 aliphatic carbocycles. The van der Waals surface area contributed by atoms with Crippen LogP contribution in [-0.2, 0) is 11.3 Å². The van der Waals surface area contributed by atoms with Crippen LogP contribution in [0.1, 0.15) is 23.5 Å². The van der Waals surface area contributed by atoms with Crippen molar-refractivity contribution in [1.82, 2.24) is 19.7 Å². The number of likely N-dealkylation sites (tertiary alicyclic amines) is 1. The molecule has 2 aromatic rings. The molecule has 3 rings (SSSR count). The maximum atomic E-state index is 12.5. The number of carbonyl (C=O) groups is 1. The SMILES string of the molecule is Cc1cnn(CCC(=O)N2C[C@@H](CO)[C@H](c3ccncc3)C2)c1. The maximum Gasteiger partial charge on any atom is 0.224 e. The zero-order chi connectivity index (χ0) is 16.2. The van der Waals surface area contributed by atoms with Gasteiger partial charge in [0.2, 0.25) is 5.91 Å². The van der Waals surface area contributed by atoms with Crippen molar-refractivity contribution in [2.75, 3.05) is 19.7 Å². The zero-order valence-electron chi connectivity index (χ0n) is 13.3. The second kappa shape index (κ2) is 6.91. The van der Waals surface area contributed by atoms with E-state index < -0.39 is 0 Å². The van der Waals surface area contributed by atoms with Crippen LogP contribution in [0.2, 0.25) is 0 Å². The highest BCUT2D eigenvalue weighted by molar-refractivity contribution is 5.76. The lowest BCUT2D eigenvalue weighted by Crippen LogP contribution is -2.30. The van der Waals surface area contributed by atoms with E-state index in [1.807, 2.05) is 30.2 Å². The second-order valence-corrected chi connectivity index (χ2v) is 6.16. The van der Waals surface area contributed by atoms with Crippen molar-refractivity contribution in [3.63, 3.8) is 0 Å². The van der Waals surface area contributed by atoms with Crippen LogP contribution in [0.5, 0.6) is 0 Å². The van der Waals surface area contributed by atoms with E-state index in [4.69, 9.17) is 0 Å². The van der Waals surface area contributed by atoms with E-state index in [9.17, 15) is 9.90 Å². The van der Waals surface area contributed by atoms with Gasteiger partial charge in [0.15, 0.2) is 0 Å². The molecule has 1 aliphatic heterocycles. The molecule has 6 heteroatoms. The number of carbonyl (C=O) groups excluding carboxylic acids is 1. The summed E-state index contributed by atoms with van der Waals surface area (Å²) in [6.07, 6.45) is 7.68. The molecule has 1 fully saturated rings. The largest absolute Gasteiger partial charge is 0.396 e. The Hall–Kier alpha value is -2.21. The average Bonchev–Trinajstić information content (AvgIpc) is 3.19. The third-order valence-corrected chi connectivity index (χ3v) is 4.48. The van der Waals surface area contributed by atoms with Crippen molar-refractivity contribution in [1.29, 1.82) is 0 Å². The lowest BCUT2D eigenvalue weighted by Gasteiger charge is -2.16. The highest BCUT2D eigenvalue weighted by Gasteiger charge is 2.35. The highest BCUT2D eigenvalue weighted by atomic mass is 16.3. The lowest BCUT2D eigenvalue weighted by molar-refractivity contribution is -0.130. The van der Waals surface area contributed by atoms with Crippen molar-refractivity contribution in [3.8, 4) is 0 Å². The van der Waals surface area contributed by atoms with Crippen LogP contribution in [0, 0.1) is 12.8 Å². The van der Waals surface area contributed by atoms with Gasteiger partial charge in [-0.3, -0.25) is 14.5 Å². The van der Waals surface area contributed by atoms with E-state index in [0.29, 0.717) is 26.1 Å². The fourth-order valence-electron chi connectivity index (χ4n) is 3.21. The third-order valence-electron chi connectivity index (χ3n) is 4.48. The number of hydrogen-bond acceptors (Lipinski definition) is 4. The van der Waals surface area contributed by atoms with E-state index in [-0.39, 0.29) is 24.3 Å². The molecule has 122 valence electrons. The summed E-state index contributed by atoms with van der Waals surface area (Å²) in [5.41, 5.74) is 2.23. The molecule has 6 nitrogen and oxygen atoms in total. The minimum absolute atomic E-state index is 0.0910. The summed E-state index contributed by atoms with van der Waals surface area (Å²) < 4.78 is 1.80. The van der Waals surface area contributed by atoms with Crippen LogP contribution in [0.15, 0.2) is 36.9 Å². The van der Waals surface area contributed by atoms with Gasteiger partial charge in [-0.15, -0.1) is 0 Å². The first kappa shape index (κ1) is 15.7. The molecule has 0 radical (unpaired) electrons. The number of pyridine rings is 1. The molecule has 1 N–H and O–H groups in total. The van der Waals surface area contributed by atoms with Crippen molar-refractivity contribution in [2.24, 2.45) is 5.92 Å². The molecule has 0 aromatic carbocycles. The Morgan fingerprint density at radius 2 is 2.13 bits per heavy atom. The topological polar surface area (TPSA) is 71.2 Å². The normalized spacial score (nSPS) is 20.9. The average molecular weight is 314 g/mol. The van der Waals surface area contributed by atoms with Gasteiger partial charge in [0, 0.05) is 63.1 Å². The molecule has 0 bridgehead atoms. The van der Waals surface area contributed by atoms with Gasteiger partial charge in [0.1, 0.15) is 0 Å². The molecule has 1 saturated heterocycles. The summed E-state index contributed by atoms with van der Waals surface area (Å²) in [5.74, 6) is 0.389. The summed E-state index contributed by atoms with van der Waals surface area (Å²) >= 11 is 0. The number of aryl methyl sites for hydroxylation is 2. The highest BCUT2D eigenvalue weighted by Crippen LogP contribution is 2.32. The molecule has 2 atom stereocenters. The molecular formula is C17H22N4O2. The van der Waals surface area contributed by atoms with Crippen molar-refractivity contribution < 1.29 is 9.90 Å². The van der Waals surface area contributed by atoms with Gasteiger partial charge < -0.3 is 10.0 Å². The van der Waals surface area contributed by atoms with E-state index in [1.54, 1.807) is 23.3 Å². The monoisotopic (exact) mass is 314 g/mol. The maximum absolute atomic E-state index is 12.5. The van der Waals surface area contributed by atoms with Gasteiger partial charge in [0.25, 0.3) is 0 Å². The lowest BCUT2D eigenvalue weighted by atomic mass is 9.90. The Balaban J connectivity index is 1.61. The molecule has 1 amide bonds. The number of amides is 1. The van der Waals surface area contributed by atoms with Gasteiger partial charge in [-0.05, 0) is 30.2 Å².